The van der Waals surface area contributed by atoms with Crippen molar-refractivity contribution in [1.82, 2.24) is 5.32 Å². The highest BCUT2D eigenvalue weighted by Gasteiger charge is 2.29. The largest absolute Gasteiger partial charge is 0.454 e. The average molecular weight is 455 g/mol. The molecule has 1 heterocycles. The lowest BCUT2D eigenvalue weighted by Crippen LogP contribution is -2.46. The summed E-state index contributed by atoms with van der Waals surface area (Å²) in [6.45, 7) is 7.84. The molecule has 0 aromatic heterocycles. The van der Waals surface area contributed by atoms with Gasteiger partial charge in [0.05, 0.1) is 5.69 Å². The number of benzene rings is 2. The van der Waals surface area contributed by atoms with Gasteiger partial charge in [-0.3, -0.25) is 9.59 Å². The maximum Gasteiger partial charge on any atom is 0.329 e. The molecule has 2 atom stereocenters. The number of nitrogens with zero attached hydrogens (tertiary/aromatic N) is 1. The lowest BCUT2D eigenvalue weighted by molar-refractivity contribution is -0.150. The Hall–Kier alpha value is -2.80. The van der Waals surface area contributed by atoms with Crippen LogP contribution in [-0.4, -0.2) is 42.2 Å². The predicted octanol–water partition coefficient (Wildman–Crippen LogP) is 4.21. The van der Waals surface area contributed by atoms with Crippen molar-refractivity contribution >= 4 is 35.2 Å². The van der Waals surface area contributed by atoms with Crippen LogP contribution in [0.25, 0.3) is 0 Å². The number of esters is 1. The number of hydrogen-bond acceptors (Lipinski definition) is 5. The zero-order valence-corrected chi connectivity index (χ0v) is 19.8. The molecule has 6 nitrogen and oxygen atoms in total. The quantitative estimate of drug-likeness (QED) is 0.662. The number of para-hydroxylation sites is 1. The Bertz CT molecular complexity index is 991. The van der Waals surface area contributed by atoms with Crippen LogP contribution >= 0.6 is 11.8 Å². The number of fused-ring (bicyclic) bond motifs is 1. The van der Waals surface area contributed by atoms with Crippen molar-refractivity contribution in [3.8, 4) is 0 Å². The van der Waals surface area contributed by atoms with E-state index in [0.29, 0.717) is 17.4 Å². The topological polar surface area (TPSA) is 75.7 Å². The van der Waals surface area contributed by atoms with Crippen LogP contribution in [0.1, 0.15) is 43.1 Å². The fourth-order valence-electron chi connectivity index (χ4n) is 3.59. The third-order valence-corrected chi connectivity index (χ3v) is 6.72. The molecule has 0 spiro atoms. The van der Waals surface area contributed by atoms with Gasteiger partial charge in [-0.25, -0.2) is 4.79 Å². The Morgan fingerprint density at radius 2 is 1.81 bits per heavy atom. The SMILES string of the molecule is Cc1ccccc1C(=O)N[C@H](C(=O)OCC(=O)N1CCC(C)Sc2ccccc21)C(C)C. The van der Waals surface area contributed by atoms with Crippen LogP contribution in [0.2, 0.25) is 0 Å². The van der Waals surface area contributed by atoms with E-state index in [1.54, 1.807) is 28.8 Å². The highest BCUT2D eigenvalue weighted by Crippen LogP contribution is 2.37. The molecular formula is C25H30N2O4S. The van der Waals surface area contributed by atoms with Gasteiger partial charge in [-0.2, -0.15) is 0 Å². The smallest absolute Gasteiger partial charge is 0.329 e. The zero-order valence-electron chi connectivity index (χ0n) is 19.0. The molecule has 1 aliphatic rings. The number of aryl methyl sites for hydroxylation is 1. The number of rotatable bonds is 6. The number of nitrogens with one attached hydrogen (secondary N) is 1. The van der Waals surface area contributed by atoms with E-state index in [4.69, 9.17) is 4.74 Å². The summed E-state index contributed by atoms with van der Waals surface area (Å²) in [7, 11) is 0. The van der Waals surface area contributed by atoms with Crippen molar-refractivity contribution in [2.24, 2.45) is 5.92 Å². The molecule has 170 valence electrons. The minimum atomic E-state index is -0.845. The van der Waals surface area contributed by atoms with E-state index in [9.17, 15) is 14.4 Å². The summed E-state index contributed by atoms with van der Waals surface area (Å²) in [5, 5.41) is 3.15. The summed E-state index contributed by atoms with van der Waals surface area (Å²) < 4.78 is 5.38. The molecule has 3 rings (SSSR count). The van der Waals surface area contributed by atoms with Crippen LogP contribution in [0.15, 0.2) is 53.4 Å². The normalized spacial score (nSPS) is 16.7. The van der Waals surface area contributed by atoms with Crippen molar-refractivity contribution in [2.75, 3.05) is 18.1 Å². The molecule has 0 saturated carbocycles. The molecule has 0 radical (unpaired) electrons. The summed E-state index contributed by atoms with van der Waals surface area (Å²) >= 11 is 1.74. The zero-order chi connectivity index (χ0) is 23.3. The van der Waals surface area contributed by atoms with E-state index in [1.807, 2.05) is 57.2 Å². The maximum absolute atomic E-state index is 13.0. The van der Waals surface area contributed by atoms with Gasteiger partial charge in [0.1, 0.15) is 6.04 Å². The number of ether oxygens (including phenoxy) is 1. The number of thioether (sulfide) groups is 1. The lowest BCUT2D eigenvalue weighted by Gasteiger charge is -2.24. The van der Waals surface area contributed by atoms with E-state index >= 15 is 0 Å². The Balaban J connectivity index is 1.66. The summed E-state index contributed by atoms with van der Waals surface area (Å²) in [6.07, 6.45) is 0.847. The predicted molar refractivity (Wildman–Crippen MR) is 127 cm³/mol. The summed E-state index contributed by atoms with van der Waals surface area (Å²) in [5.41, 5.74) is 2.17. The Kier molecular flexibility index (Phi) is 7.96. The van der Waals surface area contributed by atoms with Crippen molar-refractivity contribution in [1.29, 1.82) is 0 Å². The molecule has 0 saturated heterocycles. The molecule has 32 heavy (non-hydrogen) atoms. The van der Waals surface area contributed by atoms with E-state index in [-0.39, 0.29) is 24.3 Å². The maximum atomic E-state index is 13.0. The van der Waals surface area contributed by atoms with E-state index in [0.717, 1.165) is 22.6 Å². The minimum Gasteiger partial charge on any atom is -0.454 e. The van der Waals surface area contributed by atoms with E-state index in [1.165, 1.54) is 0 Å². The first-order valence-corrected chi connectivity index (χ1v) is 11.7. The van der Waals surface area contributed by atoms with Crippen molar-refractivity contribution in [2.45, 2.75) is 50.3 Å². The second kappa shape index (κ2) is 10.7. The first-order chi connectivity index (χ1) is 15.3. The van der Waals surface area contributed by atoms with Gasteiger partial charge in [-0.15, -0.1) is 11.8 Å². The third kappa shape index (κ3) is 5.71. The standard InChI is InChI=1S/C25H30N2O4S/c1-16(2)23(26-24(29)19-10-6-5-9-17(19)3)25(30)31-15-22(28)27-14-13-18(4)32-21-12-8-7-11-20(21)27/h5-12,16,18,23H,13-15H2,1-4H3,(H,26,29)/t18?,23-/m0/s1. The van der Waals surface area contributed by atoms with Crippen LogP contribution in [0.3, 0.4) is 0 Å². The van der Waals surface area contributed by atoms with Crippen LogP contribution < -0.4 is 10.2 Å². The lowest BCUT2D eigenvalue weighted by atomic mass is 10.0. The van der Waals surface area contributed by atoms with Crippen molar-refractivity contribution in [3.05, 3.63) is 59.7 Å². The Labute approximate surface area is 193 Å². The molecule has 2 aromatic rings. The third-order valence-electron chi connectivity index (χ3n) is 5.48. The van der Waals surface area contributed by atoms with Crippen LogP contribution in [0.5, 0.6) is 0 Å². The van der Waals surface area contributed by atoms with E-state index < -0.39 is 12.0 Å². The Morgan fingerprint density at radius 1 is 1.12 bits per heavy atom. The van der Waals surface area contributed by atoms with Crippen LogP contribution in [0, 0.1) is 12.8 Å². The molecule has 2 amide bonds. The molecule has 1 unspecified atom stereocenters. The van der Waals surface area contributed by atoms with E-state index in [2.05, 4.69) is 12.2 Å². The van der Waals surface area contributed by atoms with Crippen LogP contribution in [0.4, 0.5) is 5.69 Å². The molecule has 2 aromatic carbocycles. The first-order valence-electron chi connectivity index (χ1n) is 10.9. The van der Waals surface area contributed by atoms with Gasteiger partial charge >= 0.3 is 5.97 Å². The number of carbonyl (C=O) groups excluding carboxylic acids is 3. The van der Waals surface area contributed by atoms with Gasteiger partial charge in [0.25, 0.3) is 11.8 Å². The highest BCUT2D eigenvalue weighted by atomic mass is 32.2. The van der Waals surface area contributed by atoms with Gasteiger partial charge in [-0.05, 0) is 43.0 Å². The highest BCUT2D eigenvalue weighted by molar-refractivity contribution is 8.00. The van der Waals surface area contributed by atoms with Gasteiger partial charge in [-0.1, -0.05) is 51.1 Å². The van der Waals surface area contributed by atoms with Crippen LogP contribution in [-0.2, 0) is 14.3 Å². The Morgan fingerprint density at radius 3 is 2.53 bits per heavy atom. The second-order valence-corrected chi connectivity index (χ2v) is 9.83. The minimum absolute atomic E-state index is 0.193. The number of anilines is 1. The summed E-state index contributed by atoms with van der Waals surface area (Å²) in [5.74, 6) is -1.41. The van der Waals surface area contributed by atoms with Gasteiger partial charge in [0.2, 0.25) is 0 Å². The average Bonchev–Trinajstić information content (AvgIpc) is 2.93. The molecule has 0 bridgehead atoms. The molecular weight excluding hydrogens is 424 g/mol. The fourth-order valence-corrected chi connectivity index (χ4v) is 4.70. The summed E-state index contributed by atoms with van der Waals surface area (Å²) in [6, 6.07) is 14.1. The van der Waals surface area contributed by atoms with Crippen molar-refractivity contribution < 1.29 is 19.1 Å². The second-order valence-electron chi connectivity index (χ2n) is 8.35. The van der Waals surface area contributed by atoms with Gasteiger partial charge < -0.3 is 15.0 Å². The van der Waals surface area contributed by atoms with Crippen molar-refractivity contribution in [3.63, 3.8) is 0 Å². The van der Waals surface area contributed by atoms with Gasteiger partial charge in [0, 0.05) is 22.3 Å². The first kappa shape index (κ1) is 23.9. The number of carbonyl (C=O) groups is 3. The fraction of sp³-hybridized carbons (Fsp3) is 0.400. The van der Waals surface area contributed by atoms with Gasteiger partial charge in [0.15, 0.2) is 6.61 Å². The molecule has 0 aliphatic carbocycles. The number of hydrogen-bond donors (Lipinski definition) is 1. The molecule has 7 heteroatoms. The summed E-state index contributed by atoms with van der Waals surface area (Å²) in [4.78, 5) is 41.1. The number of amides is 2. The molecule has 1 aliphatic heterocycles. The monoisotopic (exact) mass is 454 g/mol. The molecule has 0 fully saturated rings. The molecule has 1 N–H and O–H groups in total.